The Kier molecular flexibility index (Phi) is 5.33. The van der Waals surface area contributed by atoms with E-state index in [1.807, 2.05) is 54.0 Å². The number of benzene rings is 2. The van der Waals surface area contributed by atoms with Gasteiger partial charge >= 0.3 is 6.18 Å². The Labute approximate surface area is 204 Å². The van der Waals surface area contributed by atoms with Crippen molar-refractivity contribution in [2.75, 3.05) is 0 Å². The van der Waals surface area contributed by atoms with Crippen LogP contribution in [0.15, 0.2) is 48.5 Å². The number of hydrogen-bond donors (Lipinski definition) is 0. The maximum Gasteiger partial charge on any atom is 0.400 e. The first-order chi connectivity index (χ1) is 15.2. The Morgan fingerprint density at radius 1 is 1.06 bits per heavy atom. The van der Waals surface area contributed by atoms with E-state index < -0.39 is 11.6 Å². The molecule has 1 fully saturated rings. The van der Waals surface area contributed by atoms with Gasteiger partial charge in [-0.25, -0.2) is 4.98 Å². The van der Waals surface area contributed by atoms with E-state index in [0.29, 0.717) is 21.5 Å². The Hall–Kier alpha value is -1.98. The smallest absolute Gasteiger partial charge is 0.296 e. The van der Waals surface area contributed by atoms with Crippen LogP contribution in [0.25, 0.3) is 27.8 Å². The van der Waals surface area contributed by atoms with Gasteiger partial charge in [-0.3, -0.25) is 4.57 Å². The van der Waals surface area contributed by atoms with Crippen molar-refractivity contribution in [1.29, 1.82) is 0 Å². The largest absolute Gasteiger partial charge is 0.400 e. The van der Waals surface area contributed by atoms with Crippen LogP contribution in [0.2, 0.25) is 5.02 Å². The van der Waals surface area contributed by atoms with Crippen molar-refractivity contribution in [1.82, 2.24) is 19.7 Å². The Morgan fingerprint density at radius 3 is 2.38 bits per heavy atom. The lowest BCUT2D eigenvalue weighted by Crippen LogP contribution is -2.28. The van der Waals surface area contributed by atoms with Crippen molar-refractivity contribution in [2.45, 2.75) is 31.4 Å². The molecule has 0 amide bonds. The van der Waals surface area contributed by atoms with Gasteiger partial charge in [0.15, 0.2) is 5.01 Å². The van der Waals surface area contributed by atoms with Crippen molar-refractivity contribution in [3.05, 3.63) is 67.8 Å². The fourth-order valence-corrected chi connectivity index (χ4v) is 5.42. The zero-order valence-corrected chi connectivity index (χ0v) is 20.3. The van der Waals surface area contributed by atoms with E-state index in [9.17, 15) is 13.2 Å². The molecule has 0 radical (unpaired) electrons. The molecule has 0 spiro atoms. The molecular formula is C22H15ClF3IN4S. The molecule has 10 heteroatoms. The van der Waals surface area contributed by atoms with Crippen LogP contribution < -0.4 is 0 Å². The molecule has 0 bridgehead atoms. The lowest BCUT2D eigenvalue weighted by atomic mass is 10.1. The van der Waals surface area contributed by atoms with Crippen molar-refractivity contribution in [3.63, 3.8) is 0 Å². The Bertz CT molecular complexity index is 1310. The average molecular weight is 587 g/mol. The highest BCUT2D eigenvalue weighted by Crippen LogP contribution is 2.59. The highest BCUT2D eigenvalue weighted by Gasteiger charge is 2.66. The highest BCUT2D eigenvalue weighted by molar-refractivity contribution is 14.1. The molecule has 0 atom stereocenters. The summed E-state index contributed by atoms with van der Waals surface area (Å²) in [6.45, 7) is 1.87. The second-order valence-corrected chi connectivity index (χ2v) is 10.3. The fraction of sp³-hybridized carbons (Fsp3) is 0.227. The summed E-state index contributed by atoms with van der Waals surface area (Å²) >= 11 is 9.66. The average Bonchev–Trinajstić information content (AvgIpc) is 3.32. The lowest BCUT2D eigenvalue weighted by molar-refractivity contribution is -0.160. The Morgan fingerprint density at radius 2 is 1.75 bits per heavy atom. The summed E-state index contributed by atoms with van der Waals surface area (Å²) in [6, 6.07) is 15.2. The third-order valence-corrected chi connectivity index (χ3v) is 7.82. The molecule has 1 aliphatic rings. The minimum atomic E-state index is -4.33. The van der Waals surface area contributed by atoms with Gasteiger partial charge in [0.2, 0.25) is 0 Å². The molecule has 4 nitrogen and oxygen atoms in total. The van der Waals surface area contributed by atoms with Crippen LogP contribution in [0.3, 0.4) is 0 Å². The minimum absolute atomic E-state index is 0.00232. The molecule has 0 aliphatic heterocycles. The summed E-state index contributed by atoms with van der Waals surface area (Å²) in [4.78, 5) is 4.79. The van der Waals surface area contributed by atoms with Gasteiger partial charge in [-0.2, -0.15) is 13.2 Å². The van der Waals surface area contributed by atoms with E-state index in [1.54, 1.807) is 6.07 Å². The molecule has 2 aromatic heterocycles. The number of alkyl halides is 3. The van der Waals surface area contributed by atoms with E-state index >= 15 is 0 Å². The van der Waals surface area contributed by atoms with Crippen LogP contribution in [0.1, 0.15) is 23.5 Å². The summed E-state index contributed by atoms with van der Waals surface area (Å²) in [7, 11) is 0. The third-order valence-electron chi connectivity index (χ3n) is 5.64. The number of nitrogens with zero attached hydrogens (tertiary/aromatic N) is 4. The lowest BCUT2D eigenvalue weighted by Gasteiger charge is -2.15. The van der Waals surface area contributed by atoms with Crippen molar-refractivity contribution in [3.8, 4) is 27.8 Å². The molecule has 2 heterocycles. The number of imidazole rings is 1. The van der Waals surface area contributed by atoms with E-state index in [1.165, 1.54) is 0 Å². The molecule has 1 aliphatic carbocycles. The summed E-state index contributed by atoms with van der Waals surface area (Å²) in [6.07, 6.45) is -4.24. The molecule has 5 rings (SSSR count). The van der Waals surface area contributed by atoms with Crippen LogP contribution >= 0.6 is 45.5 Å². The predicted molar refractivity (Wildman–Crippen MR) is 127 cm³/mol. The number of rotatable bonds is 4. The standard InChI is InChI=1S/C22H15ClF3IN4S/c1-12-17(19-29-30-20(32-19)21(10-11-21)22(24,25)26)28-18(15-4-2-3-5-16(15)23)31(12)14-8-6-13(27)7-9-14/h2-9H,10-11H2,1H3. The first kappa shape index (κ1) is 21.8. The van der Waals surface area contributed by atoms with Gasteiger partial charge in [-0.05, 0) is 78.8 Å². The van der Waals surface area contributed by atoms with E-state index in [-0.39, 0.29) is 17.8 Å². The highest BCUT2D eigenvalue weighted by atomic mass is 127. The van der Waals surface area contributed by atoms with E-state index in [2.05, 4.69) is 32.8 Å². The SMILES string of the molecule is Cc1c(-c2nnc(C3(C(F)(F)F)CC3)s2)nc(-c2ccccc2Cl)n1-c1ccc(I)cc1. The zero-order chi connectivity index (χ0) is 22.7. The topological polar surface area (TPSA) is 43.6 Å². The van der Waals surface area contributed by atoms with Crippen molar-refractivity contribution < 1.29 is 13.2 Å². The maximum absolute atomic E-state index is 13.6. The van der Waals surface area contributed by atoms with E-state index in [0.717, 1.165) is 31.9 Å². The molecule has 0 unspecified atom stereocenters. The van der Waals surface area contributed by atoms with Gasteiger partial charge in [0.1, 0.15) is 21.9 Å². The van der Waals surface area contributed by atoms with E-state index in [4.69, 9.17) is 16.6 Å². The first-order valence-electron chi connectivity index (χ1n) is 9.72. The summed E-state index contributed by atoms with van der Waals surface area (Å²) in [5, 5.41) is 8.92. The number of hydrogen-bond acceptors (Lipinski definition) is 4. The molecule has 4 aromatic rings. The number of aromatic nitrogens is 4. The van der Waals surface area contributed by atoms with Crippen molar-refractivity contribution in [2.24, 2.45) is 0 Å². The van der Waals surface area contributed by atoms with Crippen LogP contribution in [-0.2, 0) is 5.41 Å². The monoisotopic (exact) mass is 586 g/mol. The molecule has 1 saturated carbocycles. The van der Waals surface area contributed by atoms with Gasteiger partial charge in [0.25, 0.3) is 0 Å². The molecule has 0 saturated heterocycles. The molecule has 164 valence electrons. The second-order valence-electron chi connectivity index (χ2n) is 7.65. The third kappa shape index (κ3) is 3.54. The van der Waals surface area contributed by atoms with Crippen LogP contribution in [0.4, 0.5) is 13.2 Å². The van der Waals surface area contributed by atoms with Crippen LogP contribution in [-0.4, -0.2) is 25.9 Å². The van der Waals surface area contributed by atoms with Crippen LogP contribution in [0, 0.1) is 10.5 Å². The van der Waals surface area contributed by atoms with Gasteiger partial charge in [0, 0.05) is 14.8 Å². The zero-order valence-electron chi connectivity index (χ0n) is 16.6. The maximum atomic E-state index is 13.6. The normalized spacial score (nSPS) is 15.2. The quantitative estimate of drug-likeness (QED) is 0.237. The fourth-order valence-electron chi connectivity index (χ4n) is 3.69. The number of halogens is 5. The molecule has 2 aromatic carbocycles. The second kappa shape index (κ2) is 7.81. The van der Waals surface area contributed by atoms with Gasteiger partial charge < -0.3 is 0 Å². The predicted octanol–water partition coefficient (Wildman–Crippen LogP) is 7.22. The molecule has 32 heavy (non-hydrogen) atoms. The summed E-state index contributed by atoms with van der Waals surface area (Å²) in [5.74, 6) is 0.595. The Balaban J connectivity index is 1.68. The van der Waals surface area contributed by atoms with Gasteiger partial charge in [0.05, 0.1) is 10.7 Å². The summed E-state index contributed by atoms with van der Waals surface area (Å²) < 4.78 is 43.7. The molecular weight excluding hydrogens is 572 g/mol. The molecule has 0 N–H and O–H groups in total. The first-order valence-corrected chi connectivity index (χ1v) is 12.0. The van der Waals surface area contributed by atoms with Crippen molar-refractivity contribution >= 4 is 45.5 Å². The van der Waals surface area contributed by atoms with Crippen LogP contribution in [0.5, 0.6) is 0 Å². The van der Waals surface area contributed by atoms with Gasteiger partial charge in [-0.15, -0.1) is 10.2 Å². The van der Waals surface area contributed by atoms with Gasteiger partial charge in [-0.1, -0.05) is 35.1 Å². The minimum Gasteiger partial charge on any atom is -0.296 e. The summed E-state index contributed by atoms with van der Waals surface area (Å²) in [5.41, 5.74) is 0.984.